The number of aryl methyl sites for hydroxylation is 1. The van der Waals surface area contributed by atoms with Crippen LogP contribution in [0, 0.1) is 6.92 Å². The summed E-state index contributed by atoms with van der Waals surface area (Å²) < 4.78 is 5.67. The molecule has 0 amide bonds. The van der Waals surface area contributed by atoms with Crippen LogP contribution in [0.3, 0.4) is 0 Å². The third kappa shape index (κ3) is 2.96. The van der Waals surface area contributed by atoms with Crippen LogP contribution in [0.2, 0.25) is 10.0 Å². The highest BCUT2D eigenvalue weighted by atomic mass is 35.5. The molecule has 0 aliphatic carbocycles. The van der Waals surface area contributed by atoms with Gasteiger partial charge in [0.05, 0.1) is 16.7 Å². The Morgan fingerprint density at radius 3 is 2.28 bits per heavy atom. The van der Waals surface area contributed by atoms with Crippen LogP contribution in [-0.2, 0) is 6.61 Å². The van der Waals surface area contributed by atoms with Crippen molar-refractivity contribution in [3.63, 3.8) is 0 Å². The van der Waals surface area contributed by atoms with E-state index in [1.54, 1.807) is 24.3 Å². The monoisotopic (exact) mass is 282 g/mol. The number of halogens is 2. The normalized spacial score (nSPS) is 10.4. The van der Waals surface area contributed by atoms with Gasteiger partial charge in [0.1, 0.15) is 11.5 Å². The van der Waals surface area contributed by atoms with Crippen molar-refractivity contribution in [3.05, 3.63) is 57.6 Å². The van der Waals surface area contributed by atoms with E-state index >= 15 is 0 Å². The van der Waals surface area contributed by atoms with Crippen LogP contribution in [-0.4, -0.2) is 5.11 Å². The first-order chi connectivity index (χ1) is 8.60. The molecule has 1 N–H and O–H groups in total. The van der Waals surface area contributed by atoms with E-state index in [0.29, 0.717) is 21.5 Å². The molecule has 4 heteroatoms. The largest absolute Gasteiger partial charge is 0.457 e. The Balaban J connectivity index is 2.23. The second kappa shape index (κ2) is 5.61. The molecule has 18 heavy (non-hydrogen) atoms. The highest BCUT2D eigenvalue weighted by Gasteiger charge is 2.04. The summed E-state index contributed by atoms with van der Waals surface area (Å²) in [5, 5.41) is 10.0. The zero-order chi connectivity index (χ0) is 13.1. The zero-order valence-corrected chi connectivity index (χ0v) is 11.3. The molecule has 94 valence electrons. The first-order valence-electron chi connectivity index (χ1n) is 5.43. The van der Waals surface area contributed by atoms with Crippen LogP contribution in [0.4, 0.5) is 0 Å². The summed E-state index contributed by atoms with van der Waals surface area (Å²) in [5.41, 5.74) is 1.87. The number of benzene rings is 2. The van der Waals surface area contributed by atoms with Crippen LogP contribution in [0.25, 0.3) is 0 Å². The zero-order valence-electron chi connectivity index (χ0n) is 9.78. The van der Waals surface area contributed by atoms with E-state index in [4.69, 9.17) is 33.0 Å². The summed E-state index contributed by atoms with van der Waals surface area (Å²) in [5.74, 6) is 1.32. The lowest BCUT2D eigenvalue weighted by Crippen LogP contribution is -1.90. The third-order valence-corrected chi connectivity index (χ3v) is 3.35. The molecule has 0 saturated carbocycles. The Kier molecular flexibility index (Phi) is 4.12. The summed E-state index contributed by atoms with van der Waals surface area (Å²) in [6.45, 7) is 1.95. The van der Waals surface area contributed by atoms with E-state index in [-0.39, 0.29) is 6.61 Å². The van der Waals surface area contributed by atoms with Gasteiger partial charge >= 0.3 is 0 Å². The topological polar surface area (TPSA) is 29.5 Å². The van der Waals surface area contributed by atoms with Crippen LogP contribution < -0.4 is 4.74 Å². The minimum Gasteiger partial charge on any atom is -0.457 e. The molecule has 0 unspecified atom stereocenters. The fourth-order valence-electron chi connectivity index (χ4n) is 1.59. The van der Waals surface area contributed by atoms with Crippen molar-refractivity contribution in [2.24, 2.45) is 0 Å². The standard InChI is InChI=1S/C14H12Cl2O2/c1-9-6-11(3-2-10(9)8-17)18-12-4-5-13(15)14(16)7-12/h2-7,17H,8H2,1H3. The quantitative estimate of drug-likeness (QED) is 0.893. The second-order valence-corrected chi connectivity index (χ2v) is 4.74. The molecule has 0 spiro atoms. The highest BCUT2D eigenvalue weighted by molar-refractivity contribution is 6.42. The summed E-state index contributed by atoms with van der Waals surface area (Å²) >= 11 is 11.7. The SMILES string of the molecule is Cc1cc(Oc2ccc(Cl)c(Cl)c2)ccc1CO. The maximum absolute atomic E-state index is 9.09. The Labute approximate surface area is 116 Å². The molecular formula is C14H12Cl2O2. The van der Waals surface area contributed by atoms with Gasteiger partial charge in [-0.15, -0.1) is 0 Å². The van der Waals surface area contributed by atoms with Gasteiger partial charge in [-0.3, -0.25) is 0 Å². The van der Waals surface area contributed by atoms with Crippen LogP contribution >= 0.6 is 23.2 Å². The molecule has 0 aliphatic heterocycles. The molecule has 0 bridgehead atoms. The number of hydrogen-bond donors (Lipinski definition) is 1. The van der Waals surface area contributed by atoms with E-state index in [1.807, 2.05) is 19.1 Å². The number of rotatable bonds is 3. The van der Waals surface area contributed by atoms with Gasteiger partial charge in [-0.25, -0.2) is 0 Å². The molecule has 2 nitrogen and oxygen atoms in total. The Bertz CT molecular complexity index is 568. The maximum atomic E-state index is 9.09. The van der Waals surface area contributed by atoms with Crippen LogP contribution in [0.15, 0.2) is 36.4 Å². The van der Waals surface area contributed by atoms with Gasteiger partial charge < -0.3 is 9.84 Å². The maximum Gasteiger partial charge on any atom is 0.129 e. The number of hydrogen-bond acceptors (Lipinski definition) is 2. The van der Waals surface area contributed by atoms with Gasteiger partial charge in [-0.05, 0) is 42.3 Å². The van der Waals surface area contributed by atoms with Crippen molar-refractivity contribution in [1.82, 2.24) is 0 Å². The lowest BCUT2D eigenvalue weighted by molar-refractivity contribution is 0.281. The Morgan fingerprint density at radius 2 is 1.67 bits per heavy atom. The van der Waals surface area contributed by atoms with Gasteiger partial charge in [-0.2, -0.15) is 0 Å². The van der Waals surface area contributed by atoms with Crippen molar-refractivity contribution in [3.8, 4) is 11.5 Å². The van der Waals surface area contributed by atoms with E-state index in [9.17, 15) is 0 Å². The summed E-state index contributed by atoms with van der Waals surface area (Å²) in [6.07, 6.45) is 0. The molecular weight excluding hydrogens is 271 g/mol. The first kappa shape index (κ1) is 13.2. The summed E-state index contributed by atoms with van der Waals surface area (Å²) in [4.78, 5) is 0. The average Bonchev–Trinajstić information content (AvgIpc) is 2.34. The second-order valence-electron chi connectivity index (χ2n) is 3.92. The van der Waals surface area contributed by atoms with Gasteiger partial charge in [-0.1, -0.05) is 29.3 Å². The molecule has 2 rings (SSSR count). The molecule has 0 atom stereocenters. The number of aliphatic hydroxyl groups excluding tert-OH is 1. The smallest absolute Gasteiger partial charge is 0.129 e. The molecule has 0 saturated heterocycles. The molecule has 0 aromatic heterocycles. The van der Waals surface area contributed by atoms with E-state index in [2.05, 4.69) is 0 Å². The van der Waals surface area contributed by atoms with Crippen molar-refractivity contribution < 1.29 is 9.84 Å². The van der Waals surface area contributed by atoms with Crippen molar-refractivity contribution in [2.75, 3.05) is 0 Å². The van der Waals surface area contributed by atoms with Crippen molar-refractivity contribution >= 4 is 23.2 Å². The molecule has 0 heterocycles. The minimum absolute atomic E-state index is 0.0267. The Morgan fingerprint density at radius 1 is 1.00 bits per heavy atom. The summed E-state index contributed by atoms with van der Waals surface area (Å²) in [6, 6.07) is 10.6. The predicted molar refractivity (Wildman–Crippen MR) is 73.6 cm³/mol. The lowest BCUT2D eigenvalue weighted by atomic mass is 10.1. The van der Waals surface area contributed by atoms with Crippen molar-refractivity contribution in [1.29, 1.82) is 0 Å². The molecule has 2 aromatic carbocycles. The third-order valence-electron chi connectivity index (χ3n) is 2.61. The molecule has 0 fully saturated rings. The fraction of sp³-hybridized carbons (Fsp3) is 0.143. The van der Waals surface area contributed by atoms with Crippen LogP contribution in [0.5, 0.6) is 11.5 Å². The fourth-order valence-corrected chi connectivity index (χ4v) is 1.87. The van der Waals surface area contributed by atoms with Gasteiger partial charge in [0.2, 0.25) is 0 Å². The van der Waals surface area contributed by atoms with Crippen LogP contribution in [0.1, 0.15) is 11.1 Å². The Hall–Kier alpha value is -1.22. The highest BCUT2D eigenvalue weighted by Crippen LogP contribution is 2.30. The van der Waals surface area contributed by atoms with E-state index < -0.39 is 0 Å². The first-order valence-corrected chi connectivity index (χ1v) is 6.19. The van der Waals surface area contributed by atoms with Crippen molar-refractivity contribution in [2.45, 2.75) is 13.5 Å². The molecule has 0 radical (unpaired) electrons. The summed E-state index contributed by atoms with van der Waals surface area (Å²) in [7, 11) is 0. The van der Waals surface area contributed by atoms with Gasteiger partial charge in [0.15, 0.2) is 0 Å². The van der Waals surface area contributed by atoms with Gasteiger partial charge in [0, 0.05) is 6.07 Å². The molecule has 0 aliphatic rings. The molecule has 2 aromatic rings. The average molecular weight is 283 g/mol. The lowest BCUT2D eigenvalue weighted by Gasteiger charge is -2.09. The number of ether oxygens (including phenoxy) is 1. The van der Waals surface area contributed by atoms with E-state index in [0.717, 1.165) is 11.1 Å². The predicted octanol–water partition coefficient (Wildman–Crippen LogP) is 4.59. The number of aliphatic hydroxyl groups is 1. The minimum atomic E-state index is 0.0267. The van der Waals surface area contributed by atoms with Gasteiger partial charge in [0.25, 0.3) is 0 Å². The van der Waals surface area contributed by atoms with E-state index in [1.165, 1.54) is 0 Å².